The van der Waals surface area contributed by atoms with Crippen molar-refractivity contribution in [2.24, 2.45) is 0 Å². The number of rotatable bonds is 1. The third kappa shape index (κ3) is 1.62. The molecule has 0 amide bonds. The number of hydrogen-bond donors (Lipinski definition) is 0. The van der Waals surface area contributed by atoms with Crippen molar-refractivity contribution in [3.05, 3.63) is 54.6 Å². The molecule has 2 nitrogen and oxygen atoms in total. The molecule has 0 saturated carbocycles. The van der Waals surface area contributed by atoms with Gasteiger partial charge in [-0.25, -0.2) is 0 Å². The van der Waals surface area contributed by atoms with Gasteiger partial charge in [0.15, 0.2) is 0 Å². The van der Waals surface area contributed by atoms with E-state index in [0.717, 1.165) is 21.5 Å². The van der Waals surface area contributed by atoms with Gasteiger partial charge in [-0.2, -0.15) is 0 Å². The minimum Gasteiger partial charge on any atom is -0.591 e. The zero-order chi connectivity index (χ0) is 11.8. The van der Waals surface area contributed by atoms with Crippen molar-refractivity contribution in [1.29, 1.82) is 0 Å². The summed E-state index contributed by atoms with van der Waals surface area (Å²) in [4.78, 5) is 11.5. The fraction of sp³-hybridized carbons (Fsp3) is 0. The maximum atomic E-state index is 11.5. The summed E-state index contributed by atoms with van der Waals surface area (Å²) in [7, 11) is -2.60. The first-order chi connectivity index (χ1) is 8.27. The van der Waals surface area contributed by atoms with Gasteiger partial charge in [0.1, 0.15) is 0 Å². The van der Waals surface area contributed by atoms with E-state index in [2.05, 4.69) is 0 Å². The lowest BCUT2D eigenvalue weighted by molar-refractivity contribution is -0.160. The van der Waals surface area contributed by atoms with E-state index < -0.39 is 8.03 Å². The molecule has 0 aliphatic heterocycles. The Bertz CT molecular complexity index is 680. The minimum absolute atomic E-state index is 0.425. The Labute approximate surface area is 99.4 Å². The van der Waals surface area contributed by atoms with Gasteiger partial charge in [0.2, 0.25) is 5.30 Å². The van der Waals surface area contributed by atoms with E-state index in [-0.39, 0.29) is 0 Å². The number of benzene rings is 3. The van der Waals surface area contributed by atoms with Crippen molar-refractivity contribution in [1.82, 2.24) is 0 Å². The molecule has 0 N–H and O–H groups in total. The fourth-order valence-electron chi connectivity index (χ4n) is 2.19. The second-order valence-electron chi connectivity index (χ2n) is 3.92. The lowest BCUT2D eigenvalue weighted by Crippen LogP contribution is -2.07. The predicted octanol–water partition coefficient (Wildman–Crippen LogP) is 2.72. The van der Waals surface area contributed by atoms with E-state index in [9.17, 15) is 9.46 Å². The van der Waals surface area contributed by atoms with E-state index in [4.69, 9.17) is 0 Å². The topological polar surface area (TPSA) is 40.1 Å². The Morgan fingerprint density at radius 3 is 1.76 bits per heavy atom. The molecule has 0 bridgehead atoms. The summed E-state index contributed by atoms with van der Waals surface area (Å²) in [6.07, 6.45) is 0. The number of hydrogen-bond acceptors (Lipinski definition) is 2. The van der Waals surface area contributed by atoms with Gasteiger partial charge in [0.25, 0.3) is 0 Å². The van der Waals surface area contributed by atoms with Crippen LogP contribution in [0.5, 0.6) is 0 Å². The van der Waals surface area contributed by atoms with Gasteiger partial charge in [-0.15, -0.1) is 0 Å². The van der Waals surface area contributed by atoms with Crippen LogP contribution in [0, 0.1) is 0 Å². The molecule has 17 heavy (non-hydrogen) atoms. The molecule has 3 heteroatoms. The van der Waals surface area contributed by atoms with Crippen molar-refractivity contribution < 1.29 is 9.46 Å². The van der Waals surface area contributed by atoms with Crippen molar-refractivity contribution in [2.75, 3.05) is 0 Å². The largest absolute Gasteiger partial charge is 0.591 e. The maximum Gasteiger partial charge on any atom is 0.350 e. The highest BCUT2D eigenvalue weighted by atomic mass is 31.1. The quantitative estimate of drug-likeness (QED) is 0.484. The molecule has 0 heterocycles. The second kappa shape index (κ2) is 3.92. The third-order valence-electron chi connectivity index (χ3n) is 2.93. The van der Waals surface area contributed by atoms with Crippen LogP contribution in [0.2, 0.25) is 0 Å². The maximum absolute atomic E-state index is 11.5. The molecule has 0 fully saturated rings. The van der Waals surface area contributed by atoms with Crippen LogP contribution >= 0.6 is 8.03 Å². The van der Waals surface area contributed by atoms with Gasteiger partial charge in [-0.05, 0) is 29.0 Å². The van der Waals surface area contributed by atoms with Crippen LogP contribution in [-0.2, 0) is 4.57 Å². The summed E-state index contributed by atoms with van der Waals surface area (Å²) in [5.41, 5.74) is 0. The van der Waals surface area contributed by atoms with Crippen LogP contribution in [0.3, 0.4) is 0 Å². The van der Waals surface area contributed by atoms with Crippen molar-refractivity contribution in [2.45, 2.75) is 0 Å². The first kappa shape index (κ1) is 10.4. The average Bonchev–Trinajstić information content (AvgIpc) is 2.35. The van der Waals surface area contributed by atoms with E-state index in [1.165, 1.54) is 0 Å². The number of fused-ring (bicyclic) bond motifs is 2. The van der Waals surface area contributed by atoms with Gasteiger partial charge >= 0.3 is 8.03 Å². The fourth-order valence-corrected chi connectivity index (χ4v) is 2.99. The van der Waals surface area contributed by atoms with Gasteiger partial charge in [-0.1, -0.05) is 41.0 Å². The van der Waals surface area contributed by atoms with Gasteiger partial charge in [0.05, 0.1) is 0 Å². The SMILES string of the molecule is O=[P+]([O-])c1c2ccccc2cc2ccccc12. The Hall–Kier alpha value is -1.76. The second-order valence-corrected chi connectivity index (χ2v) is 4.89. The zero-order valence-electron chi connectivity index (χ0n) is 8.96. The Kier molecular flexibility index (Phi) is 2.40. The Balaban J connectivity index is 2.61. The van der Waals surface area contributed by atoms with Crippen molar-refractivity contribution in [3.8, 4) is 0 Å². The monoisotopic (exact) mass is 240 g/mol. The molecule has 82 valence electrons. The third-order valence-corrected chi connectivity index (χ3v) is 3.77. The normalized spacial score (nSPS) is 11.9. The van der Waals surface area contributed by atoms with E-state index >= 15 is 0 Å². The zero-order valence-corrected chi connectivity index (χ0v) is 9.85. The molecule has 1 atom stereocenters. The molecule has 3 aromatic rings. The van der Waals surface area contributed by atoms with E-state index in [1.54, 1.807) is 0 Å². The molecule has 0 saturated heterocycles. The minimum atomic E-state index is -2.60. The molecular formula is C14H9O2P. The Morgan fingerprint density at radius 1 is 0.824 bits per heavy atom. The summed E-state index contributed by atoms with van der Waals surface area (Å²) < 4.78 is 11.5. The lowest BCUT2D eigenvalue weighted by atomic mass is 10.0. The van der Waals surface area contributed by atoms with E-state index in [0.29, 0.717) is 5.30 Å². The van der Waals surface area contributed by atoms with Gasteiger partial charge < -0.3 is 4.89 Å². The summed E-state index contributed by atoms with van der Waals surface area (Å²) in [6, 6.07) is 17.1. The molecule has 0 aliphatic rings. The van der Waals surface area contributed by atoms with Crippen molar-refractivity contribution in [3.63, 3.8) is 0 Å². The van der Waals surface area contributed by atoms with Crippen LogP contribution in [0.4, 0.5) is 0 Å². The summed E-state index contributed by atoms with van der Waals surface area (Å²) in [5, 5.41) is 3.93. The molecule has 0 spiro atoms. The van der Waals surface area contributed by atoms with Crippen LogP contribution in [0.25, 0.3) is 21.5 Å². The molecular weight excluding hydrogens is 231 g/mol. The molecule has 0 aliphatic carbocycles. The highest BCUT2D eigenvalue weighted by Crippen LogP contribution is 2.26. The standard InChI is InChI=1S/C14H9O2P/c15-17(16)14-12-7-3-1-5-10(12)9-11-6-2-4-8-13(11)14/h1-9H. The van der Waals surface area contributed by atoms with Gasteiger partial charge in [0, 0.05) is 10.8 Å². The summed E-state index contributed by atoms with van der Waals surface area (Å²) >= 11 is 0. The molecule has 0 radical (unpaired) electrons. The molecule has 3 aromatic carbocycles. The average molecular weight is 240 g/mol. The van der Waals surface area contributed by atoms with E-state index in [1.807, 2.05) is 54.6 Å². The van der Waals surface area contributed by atoms with Gasteiger partial charge in [-0.3, -0.25) is 0 Å². The van der Waals surface area contributed by atoms with Crippen LogP contribution in [0.1, 0.15) is 0 Å². The smallest absolute Gasteiger partial charge is 0.350 e. The first-order valence-corrected chi connectivity index (χ1v) is 6.50. The van der Waals surface area contributed by atoms with Crippen LogP contribution < -0.4 is 10.2 Å². The van der Waals surface area contributed by atoms with Crippen LogP contribution in [-0.4, -0.2) is 0 Å². The highest BCUT2D eigenvalue weighted by Gasteiger charge is 2.17. The molecule has 3 rings (SSSR count). The molecule has 0 aromatic heterocycles. The molecule has 1 unspecified atom stereocenters. The highest BCUT2D eigenvalue weighted by molar-refractivity contribution is 7.47. The van der Waals surface area contributed by atoms with Crippen LogP contribution in [0.15, 0.2) is 54.6 Å². The summed E-state index contributed by atoms with van der Waals surface area (Å²) in [6.45, 7) is 0. The first-order valence-electron chi connectivity index (χ1n) is 5.32. The Morgan fingerprint density at radius 2 is 1.29 bits per heavy atom. The lowest BCUT2D eigenvalue weighted by Gasteiger charge is -2.04. The summed E-state index contributed by atoms with van der Waals surface area (Å²) in [5.74, 6) is 0. The predicted molar refractivity (Wildman–Crippen MR) is 68.7 cm³/mol. The van der Waals surface area contributed by atoms with Crippen molar-refractivity contribution >= 4 is 34.9 Å².